The summed E-state index contributed by atoms with van der Waals surface area (Å²) in [5.74, 6) is -0.861. The molecule has 0 aliphatic carbocycles. The van der Waals surface area contributed by atoms with Crippen molar-refractivity contribution in [1.29, 1.82) is 0 Å². The molecule has 0 aliphatic heterocycles. The maximum atomic E-state index is 13.2. The lowest BCUT2D eigenvalue weighted by molar-refractivity contribution is 0.177. The van der Waals surface area contributed by atoms with Crippen molar-refractivity contribution in [3.8, 4) is 0 Å². The molecule has 1 rings (SSSR count). The molecule has 0 aliphatic rings. The van der Waals surface area contributed by atoms with Crippen molar-refractivity contribution in [2.45, 2.75) is 0 Å². The van der Waals surface area contributed by atoms with E-state index in [2.05, 4.69) is 4.74 Å². The lowest BCUT2D eigenvalue weighted by Gasteiger charge is -2.09. The van der Waals surface area contributed by atoms with Crippen LogP contribution < -0.4 is 15.2 Å². The van der Waals surface area contributed by atoms with Crippen LogP contribution >= 0.6 is 0 Å². The number of methoxy groups -OCH3 is 1. The molecule has 1 aromatic carbocycles. The van der Waals surface area contributed by atoms with Crippen LogP contribution in [0.2, 0.25) is 0 Å². The number of carbonyl (C=O) groups excluding carboxylic acids is 1. The third-order valence-corrected chi connectivity index (χ3v) is 2.56. The van der Waals surface area contributed by atoms with E-state index in [4.69, 9.17) is 5.73 Å². The molecule has 17 heavy (non-hydrogen) atoms. The van der Waals surface area contributed by atoms with E-state index in [1.165, 1.54) is 10.8 Å². The molecule has 0 fully saturated rings. The molecule has 0 radical (unpaired) electrons. The molecule has 9 heteroatoms. The van der Waals surface area contributed by atoms with Crippen molar-refractivity contribution >= 4 is 27.7 Å². The smallest absolute Gasteiger partial charge is 0.422 e. The van der Waals surface area contributed by atoms with Crippen LogP contribution in [0.3, 0.4) is 0 Å². The van der Waals surface area contributed by atoms with E-state index in [1.54, 1.807) is 0 Å². The molecule has 0 aromatic heterocycles. The standard InChI is InChI=1S/C8H10FN3O4S/c1-16-8(13)12-17(14,15)11-7-3-2-5(10)4-6(7)9/h2-4,11H,10H2,1H3,(H,12,13). The van der Waals surface area contributed by atoms with Gasteiger partial charge in [0.2, 0.25) is 0 Å². The number of rotatable bonds is 3. The van der Waals surface area contributed by atoms with Crippen molar-refractivity contribution in [1.82, 2.24) is 4.72 Å². The van der Waals surface area contributed by atoms with E-state index in [9.17, 15) is 17.6 Å². The Morgan fingerprint density at radius 1 is 1.47 bits per heavy atom. The number of hydrogen-bond acceptors (Lipinski definition) is 5. The Hall–Kier alpha value is -2.03. The Bertz CT molecular complexity index is 532. The molecule has 7 nitrogen and oxygen atoms in total. The van der Waals surface area contributed by atoms with E-state index < -0.39 is 22.1 Å². The van der Waals surface area contributed by atoms with Crippen LogP contribution in [-0.2, 0) is 14.9 Å². The Balaban J connectivity index is 2.87. The Morgan fingerprint density at radius 2 is 2.12 bits per heavy atom. The minimum atomic E-state index is -4.24. The molecule has 0 heterocycles. The first kappa shape index (κ1) is 13.0. The van der Waals surface area contributed by atoms with Crippen molar-refractivity contribution in [2.24, 2.45) is 0 Å². The summed E-state index contributed by atoms with van der Waals surface area (Å²) in [7, 11) is -3.24. The van der Waals surface area contributed by atoms with Crippen LogP contribution in [0.4, 0.5) is 20.6 Å². The van der Waals surface area contributed by atoms with Crippen molar-refractivity contribution in [2.75, 3.05) is 17.6 Å². The van der Waals surface area contributed by atoms with Gasteiger partial charge in [-0.25, -0.2) is 13.9 Å². The fraction of sp³-hybridized carbons (Fsp3) is 0.125. The molecule has 1 amide bonds. The van der Waals surface area contributed by atoms with E-state index >= 15 is 0 Å². The molecule has 0 bridgehead atoms. The lowest BCUT2D eigenvalue weighted by atomic mass is 10.3. The van der Waals surface area contributed by atoms with Gasteiger partial charge < -0.3 is 10.5 Å². The number of ether oxygens (including phenoxy) is 1. The Kier molecular flexibility index (Phi) is 3.73. The Labute approximate surface area is 96.9 Å². The number of nitrogens with one attached hydrogen (secondary N) is 2. The van der Waals surface area contributed by atoms with Gasteiger partial charge in [-0.3, -0.25) is 4.72 Å². The van der Waals surface area contributed by atoms with E-state index in [0.29, 0.717) is 0 Å². The maximum absolute atomic E-state index is 13.2. The van der Waals surface area contributed by atoms with Crippen LogP contribution in [0.5, 0.6) is 0 Å². The summed E-state index contributed by atoms with van der Waals surface area (Å²) < 4.78 is 43.2. The predicted octanol–water partition coefficient (Wildman–Crippen LogP) is 0.421. The van der Waals surface area contributed by atoms with E-state index in [0.717, 1.165) is 19.2 Å². The zero-order valence-corrected chi connectivity index (χ0v) is 9.55. The van der Waals surface area contributed by atoms with Gasteiger partial charge in [-0.05, 0) is 18.2 Å². The van der Waals surface area contributed by atoms with Crippen LogP contribution in [-0.4, -0.2) is 21.6 Å². The van der Waals surface area contributed by atoms with Crippen molar-refractivity contribution < 1.29 is 22.3 Å². The second-order valence-corrected chi connectivity index (χ2v) is 4.35. The summed E-state index contributed by atoms with van der Waals surface area (Å²) in [6.45, 7) is 0. The molecule has 4 N–H and O–H groups in total. The molecule has 0 atom stereocenters. The number of hydrogen-bond donors (Lipinski definition) is 3. The molecule has 0 spiro atoms. The molecule has 1 aromatic rings. The number of halogens is 1. The number of nitrogens with two attached hydrogens (primary N) is 1. The van der Waals surface area contributed by atoms with Crippen LogP contribution in [0, 0.1) is 5.82 Å². The number of nitrogen functional groups attached to an aromatic ring is 1. The highest BCUT2D eigenvalue weighted by atomic mass is 32.2. The minimum absolute atomic E-state index is 0.145. The lowest BCUT2D eigenvalue weighted by Crippen LogP contribution is -2.35. The van der Waals surface area contributed by atoms with Gasteiger partial charge in [0, 0.05) is 5.69 Å². The molecule has 94 valence electrons. The topological polar surface area (TPSA) is 111 Å². The monoisotopic (exact) mass is 263 g/mol. The molecule has 0 saturated heterocycles. The van der Waals surface area contributed by atoms with Gasteiger partial charge in [-0.2, -0.15) is 8.42 Å². The largest absolute Gasteiger partial charge is 0.452 e. The first-order valence-electron chi connectivity index (χ1n) is 4.27. The summed E-state index contributed by atoms with van der Waals surface area (Å²) in [5.41, 5.74) is 5.09. The highest BCUT2D eigenvalue weighted by Crippen LogP contribution is 2.17. The first-order chi connectivity index (χ1) is 7.84. The number of anilines is 2. The van der Waals surface area contributed by atoms with Crippen molar-refractivity contribution in [3.63, 3.8) is 0 Å². The van der Waals surface area contributed by atoms with Gasteiger partial charge in [0.15, 0.2) is 0 Å². The number of carbonyl (C=O) groups is 1. The Morgan fingerprint density at radius 3 is 2.65 bits per heavy atom. The van der Waals surface area contributed by atoms with E-state index in [1.807, 2.05) is 4.72 Å². The second kappa shape index (κ2) is 4.87. The van der Waals surface area contributed by atoms with Crippen LogP contribution in [0.25, 0.3) is 0 Å². The average Bonchev–Trinajstić information content (AvgIpc) is 2.21. The third-order valence-electron chi connectivity index (χ3n) is 1.64. The zero-order valence-electron chi connectivity index (χ0n) is 8.73. The maximum Gasteiger partial charge on any atom is 0.422 e. The van der Waals surface area contributed by atoms with Crippen molar-refractivity contribution in [3.05, 3.63) is 24.0 Å². The summed E-state index contributed by atoms with van der Waals surface area (Å²) in [6.07, 6.45) is -1.19. The summed E-state index contributed by atoms with van der Waals surface area (Å²) in [5, 5.41) is 0. The molecule has 0 unspecified atom stereocenters. The normalized spacial score (nSPS) is 10.7. The fourth-order valence-electron chi connectivity index (χ4n) is 0.936. The van der Waals surface area contributed by atoms with E-state index in [-0.39, 0.29) is 11.4 Å². The van der Waals surface area contributed by atoms with Gasteiger partial charge in [-0.1, -0.05) is 0 Å². The zero-order chi connectivity index (χ0) is 13.1. The highest BCUT2D eigenvalue weighted by molar-refractivity contribution is 7.91. The number of amides is 1. The second-order valence-electron chi connectivity index (χ2n) is 2.94. The van der Waals surface area contributed by atoms with Crippen LogP contribution in [0.1, 0.15) is 0 Å². The summed E-state index contributed by atoms with van der Waals surface area (Å²) >= 11 is 0. The quantitative estimate of drug-likeness (QED) is 0.684. The van der Waals surface area contributed by atoms with Gasteiger partial charge in [0.25, 0.3) is 0 Å². The predicted molar refractivity (Wildman–Crippen MR) is 58.9 cm³/mol. The first-order valence-corrected chi connectivity index (χ1v) is 5.76. The highest BCUT2D eigenvalue weighted by Gasteiger charge is 2.16. The average molecular weight is 263 g/mol. The molecule has 0 saturated carbocycles. The molecular weight excluding hydrogens is 253 g/mol. The van der Waals surface area contributed by atoms with Crippen LogP contribution in [0.15, 0.2) is 18.2 Å². The number of benzene rings is 1. The third kappa shape index (κ3) is 3.79. The van der Waals surface area contributed by atoms with Gasteiger partial charge >= 0.3 is 16.3 Å². The van der Waals surface area contributed by atoms with Gasteiger partial charge in [-0.15, -0.1) is 0 Å². The SMILES string of the molecule is COC(=O)NS(=O)(=O)Nc1ccc(N)cc1F. The molecular formula is C8H10FN3O4S. The minimum Gasteiger partial charge on any atom is -0.452 e. The summed E-state index contributed by atoms with van der Waals surface area (Å²) in [6, 6.07) is 3.37. The van der Waals surface area contributed by atoms with Gasteiger partial charge in [0.1, 0.15) is 5.82 Å². The fourth-order valence-corrected chi connectivity index (χ4v) is 1.74. The summed E-state index contributed by atoms with van der Waals surface area (Å²) in [4.78, 5) is 10.7. The van der Waals surface area contributed by atoms with Gasteiger partial charge in [0.05, 0.1) is 12.8 Å².